The fourth-order valence-electron chi connectivity index (χ4n) is 5.01. The molecule has 1 fully saturated rings. The maximum atomic E-state index is 12.0. The van der Waals surface area contributed by atoms with Crippen molar-refractivity contribution in [2.45, 2.75) is 32.9 Å². The number of thiocarbonyl (C=S) groups is 1. The molecule has 8 nitrogen and oxygen atoms in total. The summed E-state index contributed by atoms with van der Waals surface area (Å²) in [5.74, 6) is 0.673. The second-order valence-electron chi connectivity index (χ2n) is 9.38. The van der Waals surface area contributed by atoms with E-state index in [1.54, 1.807) is 6.20 Å². The highest BCUT2D eigenvalue weighted by Crippen LogP contribution is 2.43. The van der Waals surface area contributed by atoms with Crippen molar-refractivity contribution in [3.63, 3.8) is 0 Å². The molecule has 0 bridgehead atoms. The van der Waals surface area contributed by atoms with E-state index in [-0.39, 0.29) is 24.6 Å². The Bertz CT molecular complexity index is 1450. The summed E-state index contributed by atoms with van der Waals surface area (Å²) in [6, 6.07) is 19.6. The Morgan fingerprint density at radius 3 is 2.53 bits per heavy atom. The molecule has 4 aromatic rings. The van der Waals surface area contributed by atoms with E-state index in [1.165, 1.54) is 7.11 Å². The summed E-state index contributed by atoms with van der Waals surface area (Å²) < 4.78 is 7.09. The van der Waals surface area contributed by atoms with Gasteiger partial charge in [0.2, 0.25) is 5.91 Å². The van der Waals surface area contributed by atoms with E-state index in [0.29, 0.717) is 10.8 Å². The van der Waals surface area contributed by atoms with Gasteiger partial charge in [-0.15, -0.1) is 0 Å². The second-order valence-corrected chi connectivity index (χ2v) is 9.77. The number of carbonyl (C=O) groups excluding carboxylic acids is 1. The number of nitrogens with zero attached hydrogens (tertiary/aromatic N) is 4. The highest BCUT2D eigenvalue weighted by molar-refractivity contribution is 7.80. The van der Waals surface area contributed by atoms with Gasteiger partial charge >= 0.3 is 0 Å². The lowest BCUT2D eigenvalue weighted by atomic mass is 9.96. The van der Waals surface area contributed by atoms with E-state index in [0.717, 1.165) is 39.7 Å². The second kappa shape index (κ2) is 10.7. The van der Waals surface area contributed by atoms with Gasteiger partial charge in [0.1, 0.15) is 12.4 Å². The smallest absolute Gasteiger partial charge is 0.250 e. The lowest BCUT2D eigenvalue weighted by Crippen LogP contribution is -2.29. The van der Waals surface area contributed by atoms with Gasteiger partial charge in [0, 0.05) is 42.3 Å². The molecule has 3 aromatic heterocycles. The summed E-state index contributed by atoms with van der Waals surface area (Å²) in [5, 5.41) is 6.97. The molecule has 1 saturated heterocycles. The number of ether oxygens (including phenoxy) is 1. The average molecular weight is 527 g/mol. The molecule has 4 heterocycles. The zero-order chi connectivity index (χ0) is 26.8. The van der Waals surface area contributed by atoms with Crippen molar-refractivity contribution in [2.24, 2.45) is 0 Å². The van der Waals surface area contributed by atoms with Crippen LogP contribution in [0.15, 0.2) is 73.1 Å². The van der Waals surface area contributed by atoms with E-state index in [4.69, 9.17) is 17.0 Å². The zero-order valence-electron chi connectivity index (χ0n) is 21.8. The van der Waals surface area contributed by atoms with Crippen LogP contribution in [0.2, 0.25) is 0 Å². The van der Waals surface area contributed by atoms with Crippen LogP contribution in [0, 0.1) is 20.8 Å². The summed E-state index contributed by atoms with van der Waals surface area (Å²) in [4.78, 5) is 23.4. The van der Waals surface area contributed by atoms with Crippen molar-refractivity contribution < 1.29 is 9.53 Å². The Hall–Kier alpha value is -4.08. The van der Waals surface area contributed by atoms with Gasteiger partial charge < -0.3 is 24.8 Å². The largest absolute Gasteiger partial charge is 0.375 e. The first-order chi connectivity index (χ1) is 18.4. The number of rotatable bonds is 7. The van der Waals surface area contributed by atoms with E-state index in [9.17, 15) is 4.79 Å². The first kappa shape index (κ1) is 25.6. The molecule has 1 amide bonds. The van der Waals surface area contributed by atoms with Crippen molar-refractivity contribution in [2.75, 3.05) is 23.9 Å². The SMILES string of the molecule is COCC(=O)Nc1ccc(N2C(=S)N[C@H](c3ccccn3)[C@H]2c2cc(C)n(-c3ccc(C)cn3)c2C)cc1. The number of hydrogen-bond acceptors (Lipinski definition) is 5. The Kier molecular flexibility index (Phi) is 7.22. The molecule has 0 aliphatic carbocycles. The minimum absolute atomic E-state index is 0.00116. The molecule has 194 valence electrons. The number of anilines is 2. The van der Waals surface area contributed by atoms with E-state index in [1.807, 2.05) is 61.7 Å². The van der Waals surface area contributed by atoms with Crippen LogP contribution in [-0.2, 0) is 9.53 Å². The quantitative estimate of drug-likeness (QED) is 0.330. The van der Waals surface area contributed by atoms with Crippen LogP contribution in [-0.4, -0.2) is 39.3 Å². The van der Waals surface area contributed by atoms with E-state index < -0.39 is 0 Å². The molecular weight excluding hydrogens is 496 g/mol. The first-order valence-corrected chi connectivity index (χ1v) is 12.8. The van der Waals surface area contributed by atoms with Crippen molar-refractivity contribution in [3.8, 4) is 5.82 Å². The summed E-state index contributed by atoms with van der Waals surface area (Å²) in [6.45, 7) is 6.25. The molecular formula is C29H30N6O2S. The van der Waals surface area contributed by atoms with Gasteiger partial charge in [0.15, 0.2) is 5.11 Å². The molecule has 1 aromatic carbocycles. The fraction of sp³-hybridized carbons (Fsp3) is 0.241. The number of aromatic nitrogens is 3. The molecule has 1 aliphatic heterocycles. The number of nitrogens with one attached hydrogen (secondary N) is 2. The molecule has 0 unspecified atom stereocenters. The number of amides is 1. The lowest BCUT2D eigenvalue weighted by Gasteiger charge is -2.28. The summed E-state index contributed by atoms with van der Waals surface area (Å²) in [6.07, 6.45) is 3.69. The first-order valence-electron chi connectivity index (χ1n) is 12.4. The Morgan fingerprint density at radius 1 is 1.08 bits per heavy atom. The van der Waals surface area contributed by atoms with Gasteiger partial charge in [0.05, 0.1) is 17.8 Å². The highest BCUT2D eigenvalue weighted by atomic mass is 32.1. The normalized spacial score (nSPS) is 16.9. The van der Waals surface area contributed by atoms with Crippen molar-refractivity contribution >= 4 is 34.6 Å². The highest BCUT2D eigenvalue weighted by Gasteiger charge is 2.42. The minimum atomic E-state index is -0.205. The summed E-state index contributed by atoms with van der Waals surface area (Å²) in [7, 11) is 1.49. The third-order valence-electron chi connectivity index (χ3n) is 6.72. The Balaban J connectivity index is 1.57. The van der Waals surface area contributed by atoms with E-state index in [2.05, 4.69) is 56.0 Å². The molecule has 38 heavy (non-hydrogen) atoms. The number of methoxy groups -OCH3 is 1. The minimum Gasteiger partial charge on any atom is -0.375 e. The van der Waals surface area contributed by atoms with Crippen LogP contribution < -0.4 is 15.5 Å². The van der Waals surface area contributed by atoms with Gasteiger partial charge in [-0.1, -0.05) is 12.1 Å². The van der Waals surface area contributed by atoms with Gasteiger partial charge in [0.25, 0.3) is 0 Å². The molecule has 9 heteroatoms. The van der Waals surface area contributed by atoms with Crippen molar-refractivity contribution in [3.05, 3.63) is 101 Å². The Morgan fingerprint density at radius 2 is 1.87 bits per heavy atom. The lowest BCUT2D eigenvalue weighted by molar-refractivity contribution is -0.119. The molecule has 5 rings (SSSR count). The number of pyridine rings is 2. The number of hydrogen-bond donors (Lipinski definition) is 2. The number of aryl methyl sites for hydroxylation is 2. The van der Waals surface area contributed by atoms with Crippen LogP contribution in [0.4, 0.5) is 11.4 Å². The van der Waals surface area contributed by atoms with Gasteiger partial charge in [-0.05, 0) is 92.6 Å². The molecule has 0 saturated carbocycles. The predicted molar refractivity (Wildman–Crippen MR) is 153 cm³/mol. The van der Waals surface area contributed by atoms with Crippen molar-refractivity contribution in [1.82, 2.24) is 19.9 Å². The third kappa shape index (κ3) is 4.90. The van der Waals surface area contributed by atoms with Gasteiger partial charge in [-0.3, -0.25) is 9.78 Å². The third-order valence-corrected chi connectivity index (χ3v) is 7.03. The summed E-state index contributed by atoms with van der Waals surface area (Å²) >= 11 is 5.89. The summed E-state index contributed by atoms with van der Waals surface area (Å²) in [5.41, 5.74) is 6.93. The predicted octanol–water partition coefficient (Wildman–Crippen LogP) is 4.95. The molecule has 2 atom stereocenters. The van der Waals surface area contributed by atoms with Crippen LogP contribution in [0.25, 0.3) is 5.82 Å². The monoisotopic (exact) mass is 526 g/mol. The Labute approximate surface area is 227 Å². The van der Waals surface area contributed by atoms with Crippen LogP contribution in [0.1, 0.15) is 40.3 Å². The molecule has 0 radical (unpaired) electrons. The maximum absolute atomic E-state index is 12.0. The molecule has 1 aliphatic rings. The number of carbonyl (C=O) groups is 1. The fourth-order valence-corrected chi connectivity index (χ4v) is 5.36. The van der Waals surface area contributed by atoms with Crippen LogP contribution in [0.5, 0.6) is 0 Å². The molecule has 0 spiro atoms. The van der Waals surface area contributed by atoms with Crippen LogP contribution >= 0.6 is 12.2 Å². The van der Waals surface area contributed by atoms with Crippen LogP contribution in [0.3, 0.4) is 0 Å². The topological polar surface area (TPSA) is 84.3 Å². The number of benzene rings is 1. The van der Waals surface area contributed by atoms with Gasteiger partial charge in [-0.25, -0.2) is 4.98 Å². The standard InChI is InChI=1S/C29H30N6O2S/c1-18-8-13-25(31-16-18)34-19(2)15-23(20(34)3)28-27(24-7-5-6-14-30-24)33-29(38)35(28)22-11-9-21(10-12-22)32-26(36)17-37-4/h5-16,27-28H,17H2,1-4H3,(H,32,36)(H,33,38)/t27-,28-/m1/s1. The molecule has 2 N–H and O–H groups in total. The maximum Gasteiger partial charge on any atom is 0.250 e. The van der Waals surface area contributed by atoms with E-state index >= 15 is 0 Å². The zero-order valence-corrected chi connectivity index (χ0v) is 22.6. The van der Waals surface area contributed by atoms with Crippen molar-refractivity contribution in [1.29, 1.82) is 0 Å². The average Bonchev–Trinajstić information content (AvgIpc) is 3.41. The van der Waals surface area contributed by atoms with Gasteiger partial charge in [-0.2, -0.15) is 0 Å².